The summed E-state index contributed by atoms with van der Waals surface area (Å²) in [6, 6.07) is 4.17. The minimum atomic E-state index is -0.665. The highest BCUT2D eigenvalue weighted by atomic mass is 35.5. The van der Waals surface area contributed by atoms with Gasteiger partial charge in [0.1, 0.15) is 11.3 Å². The highest BCUT2D eigenvalue weighted by molar-refractivity contribution is 6.29. The predicted octanol–water partition coefficient (Wildman–Crippen LogP) is 1.81. The van der Waals surface area contributed by atoms with Crippen molar-refractivity contribution in [1.82, 2.24) is 15.0 Å². The van der Waals surface area contributed by atoms with Crippen LogP contribution in [-0.4, -0.2) is 19.9 Å². The molecule has 0 unspecified atom stereocenters. The Labute approximate surface area is 106 Å². The smallest absolute Gasteiger partial charge is 0.406 e. The molecule has 0 aliphatic rings. The number of nitro groups is 1. The topological polar surface area (TPSA) is 117 Å². The molecule has 2 aromatic heterocycles. The molecule has 0 saturated carbocycles. The molecule has 18 heavy (non-hydrogen) atoms. The van der Waals surface area contributed by atoms with Gasteiger partial charge in [-0.2, -0.15) is 4.98 Å². The van der Waals surface area contributed by atoms with E-state index in [1.807, 2.05) is 0 Å². The molecular formula is C9H6ClN5O3. The van der Waals surface area contributed by atoms with Crippen LogP contribution in [0, 0.1) is 10.1 Å². The molecule has 2 N–H and O–H groups in total. The molecule has 0 saturated heterocycles. The molecule has 2 heterocycles. The molecular weight excluding hydrogens is 262 g/mol. The monoisotopic (exact) mass is 267 g/mol. The van der Waals surface area contributed by atoms with E-state index in [1.165, 1.54) is 24.4 Å². The quantitative estimate of drug-likeness (QED) is 0.512. The molecule has 0 fully saturated rings. The third-order valence-corrected chi connectivity index (χ3v) is 2.02. The fourth-order valence-corrected chi connectivity index (χ4v) is 1.36. The van der Waals surface area contributed by atoms with Gasteiger partial charge in [0.05, 0.1) is 0 Å². The van der Waals surface area contributed by atoms with Crippen molar-refractivity contribution in [1.29, 1.82) is 0 Å². The second-order valence-corrected chi connectivity index (χ2v) is 3.46. The average molecular weight is 268 g/mol. The van der Waals surface area contributed by atoms with E-state index in [9.17, 15) is 10.1 Å². The summed E-state index contributed by atoms with van der Waals surface area (Å²) in [5, 5.41) is 10.8. The Balaban J connectivity index is 2.37. The first-order valence-electron chi connectivity index (χ1n) is 4.63. The van der Waals surface area contributed by atoms with Crippen molar-refractivity contribution in [2.24, 2.45) is 0 Å². The number of nitrogens with two attached hydrogens (primary N) is 1. The first-order valence-corrected chi connectivity index (χ1v) is 5.01. The lowest BCUT2D eigenvalue weighted by molar-refractivity contribution is -0.390. The lowest BCUT2D eigenvalue weighted by Crippen LogP contribution is -1.99. The molecule has 0 bridgehead atoms. The fraction of sp³-hybridized carbons (Fsp3) is 0. The van der Waals surface area contributed by atoms with E-state index in [0.29, 0.717) is 0 Å². The lowest BCUT2D eigenvalue weighted by atomic mass is 10.4. The Morgan fingerprint density at radius 3 is 2.89 bits per heavy atom. The maximum atomic E-state index is 10.7. The molecule has 0 radical (unpaired) electrons. The number of rotatable bonds is 3. The molecule has 0 atom stereocenters. The van der Waals surface area contributed by atoms with Gasteiger partial charge in [0.2, 0.25) is 17.6 Å². The third-order valence-electron chi connectivity index (χ3n) is 1.83. The van der Waals surface area contributed by atoms with E-state index in [0.717, 1.165) is 0 Å². The Bertz CT molecular complexity index is 586. The second-order valence-electron chi connectivity index (χ2n) is 3.07. The van der Waals surface area contributed by atoms with E-state index < -0.39 is 10.7 Å². The average Bonchev–Trinajstić information content (AvgIpc) is 2.27. The van der Waals surface area contributed by atoms with Crippen LogP contribution in [0.15, 0.2) is 24.4 Å². The normalized spacial score (nSPS) is 10.1. The maximum absolute atomic E-state index is 10.7. The van der Waals surface area contributed by atoms with Crippen LogP contribution in [0.2, 0.25) is 5.15 Å². The van der Waals surface area contributed by atoms with Crippen LogP contribution in [0.3, 0.4) is 0 Å². The number of ether oxygens (including phenoxy) is 1. The number of aromatic nitrogens is 3. The van der Waals surface area contributed by atoms with Crippen LogP contribution in [-0.2, 0) is 0 Å². The van der Waals surface area contributed by atoms with E-state index in [1.54, 1.807) is 0 Å². The standard InChI is InChI=1S/C9H6ClN5O3/c10-6-4-7(14-9(11)13-6)18-5-2-1-3-12-8(5)15(16)17/h1-4H,(H2,11,13,14). The van der Waals surface area contributed by atoms with Crippen molar-refractivity contribution in [2.75, 3.05) is 5.73 Å². The molecule has 92 valence electrons. The van der Waals surface area contributed by atoms with Crippen molar-refractivity contribution in [3.63, 3.8) is 0 Å². The number of hydrogen-bond donors (Lipinski definition) is 1. The van der Waals surface area contributed by atoms with Gasteiger partial charge in [-0.3, -0.25) is 0 Å². The number of hydrogen-bond acceptors (Lipinski definition) is 7. The molecule has 0 aliphatic heterocycles. The van der Waals surface area contributed by atoms with Gasteiger partial charge in [-0.15, -0.1) is 0 Å². The molecule has 0 aromatic carbocycles. The van der Waals surface area contributed by atoms with Gasteiger partial charge >= 0.3 is 5.82 Å². The predicted molar refractivity (Wildman–Crippen MR) is 62.4 cm³/mol. The zero-order valence-electron chi connectivity index (χ0n) is 8.78. The summed E-state index contributed by atoms with van der Waals surface area (Å²) in [5.41, 5.74) is 5.37. The molecule has 9 heteroatoms. The fourth-order valence-electron chi connectivity index (χ4n) is 1.18. The van der Waals surface area contributed by atoms with Gasteiger partial charge in [-0.1, -0.05) is 11.6 Å². The van der Waals surface area contributed by atoms with E-state index in [-0.39, 0.29) is 22.7 Å². The van der Waals surface area contributed by atoms with Crippen LogP contribution in [0.5, 0.6) is 11.6 Å². The highest BCUT2D eigenvalue weighted by Gasteiger charge is 2.17. The molecule has 0 spiro atoms. The first kappa shape index (κ1) is 12.0. The van der Waals surface area contributed by atoms with Crippen molar-refractivity contribution in [2.45, 2.75) is 0 Å². The zero-order valence-corrected chi connectivity index (χ0v) is 9.53. The van der Waals surface area contributed by atoms with Crippen LogP contribution >= 0.6 is 11.6 Å². The van der Waals surface area contributed by atoms with Gasteiger partial charge in [0.25, 0.3) is 0 Å². The summed E-state index contributed by atoms with van der Waals surface area (Å²) >= 11 is 5.66. The number of pyridine rings is 1. The van der Waals surface area contributed by atoms with Crippen molar-refractivity contribution >= 4 is 23.4 Å². The SMILES string of the molecule is Nc1nc(Cl)cc(Oc2cccnc2[N+](=O)[O-])n1. The summed E-state index contributed by atoms with van der Waals surface area (Å²) in [6.07, 6.45) is 1.28. The molecule has 8 nitrogen and oxygen atoms in total. The van der Waals surface area contributed by atoms with Crippen molar-refractivity contribution in [3.05, 3.63) is 39.7 Å². The summed E-state index contributed by atoms with van der Waals surface area (Å²) in [6.45, 7) is 0. The number of anilines is 1. The lowest BCUT2D eigenvalue weighted by Gasteiger charge is -2.05. The minimum absolute atomic E-state index is 0.00333. The Kier molecular flexibility index (Phi) is 3.20. The van der Waals surface area contributed by atoms with Gasteiger partial charge in [-0.05, 0) is 22.0 Å². The van der Waals surface area contributed by atoms with Crippen LogP contribution < -0.4 is 10.5 Å². The summed E-state index contributed by atoms with van der Waals surface area (Å²) < 4.78 is 5.21. The van der Waals surface area contributed by atoms with Crippen LogP contribution in [0.4, 0.5) is 11.8 Å². The number of nitrogens with zero attached hydrogens (tertiary/aromatic N) is 4. The molecule has 0 amide bonds. The molecule has 0 aliphatic carbocycles. The largest absolute Gasteiger partial charge is 0.430 e. The Morgan fingerprint density at radius 2 is 2.22 bits per heavy atom. The van der Waals surface area contributed by atoms with Crippen LogP contribution in [0.25, 0.3) is 0 Å². The number of nitrogen functional groups attached to an aromatic ring is 1. The molecule has 2 aromatic rings. The summed E-state index contributed by atoms with van der Waals surface area (Å²) in [7, 11) is 0. The molecule has 2 rings (SSSR count). The van der Waals surface area contributed by atoms with Crippen LogP contribution in [0.1, 0.15) is 0 Å². The zero-order chi connectivity index (χ0) is 13.1. The van der Waals surface area contributed by atoms with Gasteiger partial charge in [0, 0.05) is 6.07 Å². The van der Waals surface area contributed by atoms with Gasteiger partial charge in [-0.25, -0.2) is 4.98 Å². The summed E-state index contributed by atoms with van der Waals surface area (Å²) in [4.78, 5) is 21.0. The van der Waals surface area contributed by atoms with Gasteiger partial charge < -0.3 is 20.6 Å². The van der Waals surface area contributed by atoms with E-state index >= 15 is 0 Å². The Hall–Kier alpha value is -2.48. The summed E-state index contributed by atoms with van der Waals surface area (Å²) in [5.74, 6) is -0.574. The highest BCUT2D eigenvalue weighted by Crippen LogP contribution is 2.28. The van der Waals surface area contributed by atoms with Crippen molar-refractivity contribution in [3.8, 4) is 11.6 Å². The van der Waals surface area contributed by atoms with E-state index in [4.69, 9.17) is 22.1 Å². The third kappa shape index (κ3) is 2.61. The maximum Gasteiger partial charge on any atom is 0.406 e. The second kappa shape index (κ2) is 4.80. The number of halogens is 1. The van der Waals surface area contributed by atoms with Gasteiger partial charge in [0.15, 0.2) is 0 Å². The minimum Gasteiger partial charge on any atom is -0.430 e. The Morgan fingerprint density at radius 1 is 1.44 bits per heavy atom. The first-order chi connectivity index (χ1) is 8.56. The van der Waals surface area contributed by atoms with Crippen molar-refractivity contribution < 1.29 is 9.66 Å². The van der Waals surface area contributed by atoms with E-state index in [2.05, 4.69) is 15.0 Å².